The van der Waals surface area contributed by atoms with Gasteiger partial charge in [0.25, 0.3) is 0 Å². The van der Waals surface area contributed by atoms with Crippen LogP contribution in [0, 0.1) is 0 Å². The normalized spacial score (nSPS) is 20.9. The van der Waals surface area contributed by atoms with E-state index >= 15 is 0 Å². The van der Waals surface area contributed by atoms with Gasteiger partial charge in [-0.1, -0.05) is 81.5 Å². The number of rotatable bonds is 11. The van der Waals surface area contributed by atoms with Crippen molar-refractivity contribution < 1.29 is 14.3 Å². The maximum atomic E-state index is 13.6. The molecule has 0 spiro atoms. The van der Waals surface area contributed by atoms with Crippen LogP contribution >= 0.6 is 0 Å². The van der Waals surface area contributed by atoms with Crippen molar-refractivity contribution in [1.29, 1.82) is 0 Å². The zero-order valence-electron chi connectivity index (χ0n) is 25.1. The smallest absolute Gasteiger partial charge is 0.339 e. The molecule has 2 aliphatic rings. The van der Waals surface area contributed by atoms with Crippen LogP contribution in [0.2, 0.25) is 0 Å². The van der Waals surface area contributed by atoms with Crippen LogP contribution in [-0.2, 0) is 15.1 Å². The number of ether oxygens (including phenoxy) is 1. The highest BCUT2D eigenvalue weighted by Crippen LogP contribution is 2.59. The molecule has 3 aromatic rings. The van der Waals surface area contributed by atoms with Crippen molar-refractivity contribution in [3.63, 3.8) is 0 Å². The predicted molar refractivity (Wildman–Crippen MR) is 167 cm³/mol. The first-order valence-electron chi connectivity index (χ1n) is 15.1. The summed E-state index contributed by atoms with van der Waals surface area (Å²) >= 11 is 0. The summed E-state index contributed by atoms with van der Waals surface area (Å²) in [6, 6.07) is 22.4. The fourth-order valence-corrected chi connectivity index (χ4v) is 6.88. The van der Waals surface area contributed by atoms with Crippen LogP contribution in [0.15, 0.2) is 66.7 Å². The quantitative estimate of drug-likeness (QED) is 0.197. The maximum absolute atomic E-state index is 13.6. The van der Waals surface area contributed by atoms with Crippen molar-refractivity contribution in [2.45, 2.75) is 76.9 Å². The van der Waals surface area contributed by atoms with E-state index in [2.05, 4.69) is 48.3 Å². The molecule has 3 aromatic carbocycles. The number of carbonyl (C=O) groups excluding carboxylic acids is 2. The summed E-state index contributed by atoms with van der Waals surface area (Å²) in [4.78, 5) is 30.6. The zero-order valence-corrected chi connectivity index (χ0v) is 25.1. The van der Waals surface area contributed by atoms with Crippen molar-refractivity contribution in [2.75, 3.05) is 35.8 Å². The highest BCUT2D eigenvalue weighted by molar-refractivity contribution is 5.97. The van der Waals surface area contributed by atoms with Gasteiger partial charge in [-0.15, -0.1) is 0 Å². The number of carbonyl (C=O) groups is 2. The van der Waals surface area contributed by atoms with Crippen LogP contribution in [0.1, 0.15) is 92.3 Å². The predicted octanol–water partition coefficient (Wildman–Crippen LogP) is 7.48. The van der Waals surface area contributed by atoms with E-state index in [0.29, 0.717) is 11.3 Å². The number of benzene rings is 3. The topological polar surface area (TPSA) is 61.9 Å². The van der Waals surface area contributed by atoms with Crippen molar-refractivity contribution in [2.24, 2.45) is 0 Å². The molecule has 0 aromatic heterocycles. The van der Waals surface area contributed by atoms with Crippen LogP contribution in [0.4, 0.5) is 17.1 Å². The van der Waals surface area contributed by atoms with E-state index < -0.39 is 5.60 Å². The number of fused-ring (bicyclic) bond motifs is 2. The summed E-state index contributed by atoms with van der Waals surface area (Å²) in [7, 11) is 3.95. The standard InChI is InChI=1S/C35H43N3O3/c1-6-7-8-9-10-15-22-38-24(2)33(28-17-12-14-19-32(28)38)35(29-18-13-11-16-27(29)34(40)41-35)30-21-20-26(37(4)5)23-31(30)36-25(3)39/h11-14,16-21,23-24,33H,6-10,15,22H2,1-5H3,(H,36,39). The van der Waals surface area contributed by atoms with Gasteiger partial charge in [-0.05, 0) is 43.2 Å². The van der Waals surface area contributed by atoms with E-state index in [1.54, 1.807) is 0 Å². The van der Waals surface area contributed by atoms with Crippen molar-refractivity contribution in [1.82, 2.24) is 0 Å². The number of para-hydroxylation sites is 1. The SMILES string of the molecule is CCCCCCCCN1c2ccccc2C(C2(c3ccc(N(C)C)cc3NC(C)=O)OC(=O)c3ccccc32)C1C. The van der Waals surface area contributed by atoms with Gasteiger partial charge in [0, 0.05) is 56.1 Å². The first-order valence-corrected chi connectivity index (χ1v) is 15.1. The molecule has 0 saturated carbocycles. The van der Waals surface area contributed by atoms with E-state index in [-0.39, 0.29) is 23.8 Å². The Morgan fingerprint density at radius 2 is 1.66 bits per heavy atom. The molecule has 0 aliphatic carbocycles. The van der Waals surface area contributed by atoms with Crippen molar-refractivity contribution in [3.05, 3.63) is 89.0 Å². The van der Waals surface area contributed by atoms with Crippen LogP contribution < -0.4 is 15.1 Å². The third-order valence-corrected chi connectivity index (χ3v) is 8.78. The number of unbranched alkanes of at least 4 members (excludes halogenated alkanes) is 5. The Bertz CT molecular complexity index is 1420. The molecule has 216 valence electrons. The molecule has 2 heterocycles. The number of anilines is 3. The van der Waals surface area contributed by atoms with Gasteiger partial charge in [-0.25, -0.2) is 4.79 Å². The van der Waals surface area contributed by atoms with Gasteiger partial charge < -0.3 is 19.9 Å². The van der Waals surface area contributed by atoms with E-state index in [1.807, 2.05) is 61.5 Å². The largest absolute Gasteiger partial charge is 0.445 e. The summed E-state index contributed by atoms with van der Waals surface area (Å²) in [5, 5.41) is 3.08. The van der Waals surface area contributed by atoms with Crippen LogP contribution in [-0.4, -0.2) is 38.6 Å². The third kappa shape index (κ3) is 5.20. The second kappa shape index (κ2) is 12.0. The number of hydrogen-bond acceptors (Lipinski definition) is 5. The molecule has 1 amide bonds. The van der Waals surface area contributed by atoms with Crippen LogP contribution in [0.3, 0.4) is 0 Å². The van der Waals surface area contributed by atoms with E-state index in [4.69, 9.17) is 4.74 Å². The van der Waals surface area contributed by atoms with E-state index in [1.165, 1.54) is 50.3 Å². The van der Waals surface area contributed by atoms with Crippen LogP contribution in [0.5, 0.6) is 0 Å². The molecule has 3 unspecified atom stereocenters. The minimum atomic E-state index is -1.11. The zero-order chi connectivity index (χ0) is 29.1. The van der Waals surface area contributed by atoms with Crippen molar-refractivity contribution >= 4 is 28.9 Å². The van der Waals surface area contributed by atoms with Gasteiger partial charge in [0.1, 0.15) is 0 Å². The summed E-state index contributed by atoms with van der Waals surface area (Å²) in [5.41, 5.74) is 5.10. The number of amides is 1. The highest BCUT2D eigenvalue weighted by atomic mass is 16.6. The fourth-order valence-electron chi connectivity index (χ4n) is 6.88. The summed E-state index contributed by atoms with van der Waals surface area (Å²) in [5.74, 6) is -0.672. The number of esters is 1. The minimum absolute atomic E-state index is 0.0562. The van der Waals surface area contributed by atoms with Gasteiger partial charge >= 0.3 is 5.97 Å². The monoisotopic (exact) mass is 553 g/mol. The summed E-state index contributed by atoms with van der Waals surface area (Å²) in [6.07, 6.45) is 7.41. The third-order valence-electron chi connectivity index (χ3n) is 8.78. The summed E-state index contributed by atoms with van der Waals surface area (Å²) in [6.45, 7) is 6.97. The fraction of sp³-hybridized carbons (Fsp3) is 0.429. The second-order valence-electron chi connectivity index (χ2n) is 11.7. The van der Waals surface area contributed by atoms with Gasteiger partial charge in [0.2, 0.25) is 5.91 Å². The van der Waals surface area contributed by atoms with Gasteiger partial charge in [0.05, 0.1) is 17.2 Å². The van der Waals surface area contributed by atoms with E-state index in [9.17, 15) is 9.59 Å². The lowest BCUT2D eigenvalue weighted by Gasteiger charge is -2.40. The molecule has 0 saturated heterocycles. The van der Waals surface area contributed by atoms with Crippen LogP contribution in [0.25, 0.3) is 0 Å². The molecule has 0 fully saturated rings. The summed E-state index contributed by atoms with van der Waals surface area (Å²) < 4.78 is 6.63. The Kier molecular flexibility index (Phi) is 8.39. The van der Waals surface area contributed by atoms with E-state index in [0.717, 1.165) is 29.8 Å². The lowest BCUT2D eigenvalue weighted by Crippen LogP contribution is -2.44. The first-order chi connectivity index (χ1) is 19.8. The Morgan fingerprint density at radius 1 is 0.951 bits per heavy atom. The maximum Gasteiger partial charge on any atom is 0.339 e. The number of nitrogens with zero attached hydrogens (tertiary/aromatic N) is 2. The molecule has 3 atom stereocenters. The Morgan fingerprint density at radius 3 is 2.41 bits per heavy atom. The number of hydrogen-bond donors (Lipinski definition) is 1. The average Bonchev–Trinajstić information content (AvgIpc) is 3.41. The molecular weight excluding hydrogens is 510 g/mol. The molecule has 0 bridgehead atoms. The molecular formula is C35H43N3O3. The lowest BCUT2D eigenvalue weighted by atomic mass is 9.70. The molecule has 2 aliphatic heterocycles. The molecule has 5 rings (SSSR count). The molecule has 41 heavy (non-hydrogen) atoms. The van der Waals surface area contributed by atoms with Gasteiger partial charge in [-0.3, -0.25) is 4.79 Å². The van der Waals surface area contributed by atoms with Crippen molar-refractivity contribution in [3.8, 4) is 0 Å². The Hall–Kier alpha value is -3.80. The Labute approximate surface area is 244 Å². The molecule has 6 nitrogen and oxygen atoms in total. The minimum Gasteiger partial charge on any atom is -0.445 e. The highest BCUT2D eigenvalue weighted by Gasteiger charge is 2.58. The van der Waals surface area contributed by atoms with Gasteiger partial charge in [-0.2, -0.15) is 0 Å². The number of nitrogens with one attached hydrogen (secondary N) is 1. The number of cyclic esters (lactones) is 1. The lowest BCUT2D eigenvalue weighted by molar-refractivity contribution is -0.114. The molecule has 6 heteroatoms. The molecule has 0 radical (unpaired) electrons. The molecule has 1 N–H and O–H groups in total. The average molecular weight is 554 g/mol. The Balaban J connectivity index is 1.65. The first kappa shape index (κ1) is 28.7. The van der Waals surface area contributed by atoms with Gasteiger partial charge in [0.15, 0.2) is 5.60 Å². The second-order valence-corrected chi connectivity index (χ2v) is 11.7.